The third kappa shape index (κ3) is 2.45. The van der Waals surface area contributed by atoms with E-state index in [2.05, 4.69) is 13.0 Å². The Morgan fingerprint density at radius 3 is 2.10 bits per heavy atom. The molecule has 104 valence electrons. The van der Waals surface area contributed by atoms with Crippen molar-refractivity contribution < 1.29 is 13.2 Å². The third-order valence-corrected chi connectivity index (χ3v) is 3.99. The van der Waals surface area contributed by atoms with Crippen molar-refractivity contribution in [2.45, 2.75) is 25.4 Å². The molecule has 0 amide bonds. The predicted octanol–water partition coefficient (Wildman–Crippen LogP) is 5.50. The normalized spacial score (nSPS) is 21.8. The Balaban J connectivity index is 1.97. The molecule has 20 heavy (non-hydrogen) atoms. The first-order valence-electron chi connectivity index (χ1n) is 6.73. The van der Waals surface area contributed by atoms with Crippen LogP contribution in [0.3, 0.4) is 0 Å². The molecule has 0 nitrogen and oxygen atoms in total. The predicted molar refractivity (Wildman–Crippen MR) is 73.4 cm³/mol. The van der Waals surface area contributed by atoms with Crippen LogP contribution in [0, 0.1) is 5.92 Å². The lowest BCUT2D eigenvalue weighted by Gasteiger charge is -2.11. The first kappa shape index (κ1) is 13.2. The number of hydrogen-bond acceptors (Lipinski definition) is 0. The van der Waals surface area contributed by atoms with Gasteiger partial charge in [0.05, 0.1) is 5.56 Å². The van der Waals surface area contributed by atoms with Gasteiger partial charge in [0.15, 0.2) is 0 Å². The van der Waals surface area contributed by atoms with E-state index in [4.69, 9.17) is 0 Å². The maximum Gasteiger partial charge on any atom is 0.416 e. The molecule has 1 aliphatic carbocycles. The number of alkyl halides is 3. The lowest BCUT2D eigenvalue weighted by molar-refractivity contribution is -0.137. The molecule has 0 radical (unpaired) electrons. The van der Waals surface area contributed by atoms with Gasteiger partial charge < -0.3 is 0 Å². The second kappa shape index (κ2) is 4.65. The standard InChI is InChI=1S/C17H15F3/c1-11-10-16(11)15-5-3-2-4-14(15)12-6-8-13(9-7-12)17(18,19)20/h2-9,11,16H,10H2,1H3/t11-,16-/m1/s1. The molecule has 3 rings (SSSR count). The van der Waals surface area contributed by atoms with E-state index >= 15 is 0 Å². The Bertz CT molecular complexity index is 611. The molecule has 2 aromatic carbocycles. The van der Waals surface area contributed by atoms with Crippen molar-refractivity contribution in [2.75, 3.05) is 0 Å². The lowest BCUT2D eigenvalue weighted by Crippen LogP contribution is -2.04. The van der Waals surface area contributed by atoms with Crippen molar-refractivity contribution in [3.05, 3.63) is 59.7 Å². The fourth-order valence-electron chi connectivity index (χ4n) is 2.68. The average molecular weight is 276 g/mol. The van der Waals surface area contributed by atoms with Gasteiger partial charge in [0, 0.05) is 0 Å². The SMILES string of the molecule is C[C@@H]1C[C@H]1c1ccccc1-c1ccc(C(F)(F)F)cc1. The first-order chi connectivity index (χ1) is 9.47. The van der Waals surface area contributed by atoms with E-state index in [0.29, 0.717) is 11.8 Å². The fourth-order valence-corrected chi connectivity index (χ4v) is 2.68. The Kier molecular flexibility index (Phi) is 3.08. The molecular weight excluding hydrogens is 261 g/mol. The van der Waals surface area contributed by atoms with E-state index in [9.17, 15) is 13.2 Å². The van der Waals surface area contributed by atoms with Crippen molar-refractivity contribution in [2.24, 2.45) is 5.92 Å². The smallest absolute Gasteiger partial charge is 0.166 e. The Morgan fingerprint density at radius 2 is 1.55 bits per heavy atom. The van der Waals surface area contributed by atoms with Gasteiger partial charge in [-0.05, 0) is 47.1 Å². The zero-order chi connectivity index (χ0) is 14.3. The minimum absolute atomic E-state index is 0.550. The molecule has 1 aliphatic rings. The van der Waals surface area contributed by atoms with Crippen molar-refractivity contribution in [1.82, 2.24) is 0 Å². The minimum atomic E-state index is -4.27. The van der Waals surface area contributed by atoms with Gasteiger partial charge in [0.25, 0.3) is 0 Å². The minimum Gasteiger partial charge on any atom is -0.166 e. The van der Waals surface area contributed by atoms with Crippen LogP contribution in [0.15, 0.2) is 48.5 Å². The molecule has 0 N–H and O–H groups in total. The van der Waals surface area contributed by atoms with E-state index in [0.717, 1.165) is 29.7 Å². The lowest BCUT2D eigenvalue weighted by atomic mass is 9.95. The Morgan fingerprint density at radius 1 is 0.950 bits per heavy atom. The summed E-state index contributed by atoms with van der Waals surface area (Å²) in [5.74, 6) is 1.22. The molecule has 0 unspecified atom stereocenters. The van der Waals surface area contributed by atoms with Crippen LogP contribution in [0.5, 0.6) is 0 Å². The van der Waals surface area contributed by atoms with E-state index < -0.39 is 11.7 Å². The first-order valence-corrected chi connectivity index (χ1v) is 6.73. The quantitative estimate of drug-likeness (QED) is 0.679. The van der Waals surface area contributed by atoms with Crippen LogP contribution in [0.4, 0.5) is 13.2 Å². The van der Waals surface area contributed by atoms with Crippen LogP contribution < -0.4 is 0 Å². The monoisotopic (exact) mass is 276 g/mol. The summed E-state index contributed by atoms with van der Waals surface area (Å²) in [5, 5.41) is 0. The van der Waals surface area contributed by atoms with Crippen molar-refractivity contribution in [1.29, 1.82) is 0 Å². The van der Waals surface area contributed by atoms with Crippen LogP contribution in [0.2, 0.25) is 0 Å². The summed E-state index contributed by atoms with van der Waals surface area (Å²) in [4.78, 5) is 0. The zero-order valence-electron chi connectivity index (χ0n) is 11.1. The molecule has 0 saturated heterocycles. The Hall–Kier alpha value is -1.77. The van der Waals surface area contributed by atoms with Gasteiger partial charge in [0.2, 0.25) is 0 Å². The van der Waals surface area contributed by atoms with Gasteiger partial charge in [-0.15, -0.1) is 0 Å². The van der Waals surface area contributed by atoms with Gasteiger partial charge in [-0.3, -0.25) is 0 Å². The molecule has 0 spiro atoms. The highest BCUT2D eigenvalue weighted by Gasteiger charge is 2.35. The topological polar surface area (TPSA) is 0 Å². The molecular formula is C17H15F3. The molecule has 0 bridgehead atoms. The van der Waals surface area contributed by atoms with Gasteiger partial charge in [-0.25, -0.2) is 0 Å². The van der Waals surface area contributed by atoms with E-state index in [-0.39, 0.29) is 0 Å². The highest BCUT2D eigenvalue weighted by Crippen LogP contribution is 2.49. The second-order valence-corrected chi connectivity index (χ2v) is 5.48. The number of halogens is 3. The van der Waals surface area contributed by atoms with Gasteiger partial charge >= 0.3 is 6.18 Å². The highest BCUT2D eigenvalue weighted by atomic mass is 19.4. The second-order valence-electron chi connectivity index (χ2n) is 5.48. The summed E-state index contributed by atoms with van der Waals surface area (Å²) >= 11 is 0. The molecule has 2 aromatic rings. The number of benzene rings is 2. The third-order valence-electron chi connectivity index (χ3n) is 3.99. The molecule has 1 saturated carbocycles. The molecule has 0 heterocycles. The number of hydrogen-bond donors (Lipinski definition) is 0. The zero-order valence-corrected chi connectivity index (χ0v) is 11.1. The summed E-state index contributed by atoms with van der Waals surface area (Å²) in [6.07, 6.45) is -3.11. The largest absolute Gasteiger partial charge is 0.416 e. The van der Waals surface area contributed by atoms with Crippen molar-refractivity contribution in [3.63, 3.8) is 0 Å². The van der Waals surface area contributed by atoms with Crippen LogP contribution in [0.1, 0.15) is 30.4 Å². The van der Waals surface area contributed by atoms with E-state index in [1.54, 1.807) is 12.1 Å². The van der Waals surface area contributed by atoms with Crippen LogP contribution in [-0.2, 0) is 6.18 Å². The van der Waals surface area contributed by atoms with Gasteiger partial charge in [0.1, 0.15) is 0 Å². The summed E-state index contributed by atoms with van der Waals surface area (Å²) in [6.45, 7) is 2.20. The average Bonchev–Trinajstić information content (AvgIpc) is 3.15. The molecule has 0 aliphatic heterocycles. The van der Waals surface area contributed by atoms with Crippen molar-refractivity contribution >= 4 is 0 Å². The molecule has 3 heteroatoms. The van der Waals surface area contributed by atoms with Gasteiger partial charge in [-0.2, -0.15) is 13.2 Å². The summed E-state index contributed by atoms with van der Waals surface area (Å²) in [5.41, 5.74) is 2.56. The summed E-state index contributed by atoms with van der Waals surface area (Å²) in [6, 6.07) is 13.4. The van der Waals surface area contributed by atoms with E-state index in [1.807, 2.05) is 18.2 Å². The molecule has 1 fully saturated rings. The highest BCUT2D eigenvalue weighted by molar-refractivity contribution is 5.69. The maximum atomic E-state index is 12.6. The fraction of sp³-hybridized carbons (Fsp3) is 0.294. The van der Waals surface area contributed by atoms with Crippen LogP contribution in [-0.4, -0.2) is 0 Å². The molecule has 2 atom stereocenters. The van der Waals surface area contributed by atoms with Crippen molar-refractivity contribution in [3.8, 4) is 11.1 Å². The Labute approximate surface area is 116 Å². The molecule has 0 aromatic heterocycles. The summed E-state index contributed by atoms with van der Waals surface area (Å²) < 4.78 is 37.8. The van der Waals surface area contributed by atoms with E-state index in [1.165, 1.54) is 5.56 Å². The van der Waals surface area contributed by atoms with Gasteiger partial charge in [-0.1, -0.05) is 43.3 Å². The maximum absolute atomic E-state index is 12.6. The van der Waals surface area contributed by atoms with Crippen LogP contribution >= 0.6 is 0 Å². The van der Waals surface area contributed by atoms with Crippen LogP contribution in [0.25, 0.3) is 11.1 Å². The number of rotatable bonds is 2. The summed E-state index contributed by atoms with van der Waals surface area (Å²) in [7, 11) is 0.